The standard InChI is InChI=1S/C23H30N2O2/c1-4-11-22(26)25(17-20-14-9-6-10-15-20)21(23(27)24-18(2)3)16-19-12-7-5-8-13-19/h5-10,12-15,18,21H,4,11,16-17H2,1-3H3,(H,24,27)/t21-/m1/s1. The van der Waals surface area contributed by atoms with Crippen LogP contribution >= 0.6 is 0 Å². The quantitative estimate of drug-likeness (QED) is 0.730. The monoisotopic (exact) mass is 366 g/mol. The van der Waals surface area contributed by atoms with Crippen LogP contribution in [0.3, 0.4) is 0 Å². The number of hydrogen-bond acceptors (Lipinski definition) is 2. The first-order valence-corrected chi connectivity index (χ1v) is 9.69. The lowest BCUT2D eigenvalue weighted by Crippen LogP contribution is -2.51. The van der Waals surface area contributed by atoms with Crippen LogP contribution in [-0.4, -0.2) is 28.8 Å². The summed E-state index contributed by atoms with van der Waals surface area (Å²) in [5, 5.41) is 2.99. The van der Waals surface area contributed by atoms with Gasteiger partial charge in [-0.2, -0.15) is 0 Å². The van der Waals surface area contributed by atoms with E-state index < -0.39 is 6.04 Å². The van der Waals surface area contributed by atoms with Crippen LogP contribution in [0.2, 0.25) is 0 Å². The molecule has 0 aliphatic carbocycles. The van der Waals surface area contributed by atoms with Crippen molar-refractivity contribution >= 4 is 11.8 Å². The zero-order chi connectivity index (χ0) is 19.6. The van der Waals surface area contributed by atoms with Crippen LogP contribution in [0.4, 0.5) is 0 Å². The Balaban J connectivity index is 2.34. The number of amides is 2. The summed E-state index contributed by atoms with van der Waals surface area (Å²) in [5.74, 6) is -0.0876. The first-order chi connectivity index (χ1) is 13.0. The Morgan fingerprint density at radius 1 is 0.926 bits per heavy atom. The number of nitrogens with one attached hydrogen (secondary N) is 1. The minimum absolute atomic E-state index is 0.0150. The summed E-state index contributed by atoms with van der Waals surface area (Å²) in [4.78, 5) is 27.6. The smallest absolute Gasteiger partial charge is 0.243 e. The summed E-state index contributed by atoms with van der Waals surface area (Å²) in [5.41, 5.74) is 2.07. The van der Waals surface area contributed by atoms with Gasteiger partial charge >= 0.3 is 0 Å². The first kappa shape index (κ1) is 20.7. The van der Waals surface area contributed by atoms with Gasteiger partial charge in [0.1, 0.15) is 6.04 Å². The minimum atomic E-state index is -0.533. The molecular weight excluding hydrogens is 336 g/mol. The Morgan fingerprint density at radius 2 is 1.48 bits per heavy atom. The highest BCUT2D eigenvalue weighted by molar-refractivity contribution is 5.88. The first-order valence-electron chi connectivity index (χ1n) is 9.69. The molecule has 4 heteroatoms. The van der Waals surface area contributed by atoms with E-state index in [2.05, 4.69) is 5.32 Å². The molecule has 1 atom stereocenters. The minimum Gasteiger partial charge on any atom is -0.352 e. The van der Waals surface area contributed by atoms with Crippen molar-refractivity contribution in [2.75, 3.05) is 0 Å². The van der Waals surface area contributed by atoms with Gasteiger partial charge in [0.05, 0.1) is 0 Å². The molecule has 0 radical (unpaired) electrons. The van der Waals surface area contributed by atoms with Gasteiger partial charge in [-0.05, 0) is 31.4 Å². The van der Waals surface area contributed by atoms with E-state index in [1.165, 1.54) is 0 Å². The average Bonchev–Trinajstić information content (AvgIpc) is 2.66. The Bertz CT molecular complexity index is 714. The topological polar surface area (TPSA) is 49.4 Å². The molecule has 2 rings (SSSR count). The van der Waals surface area contributed by atoms with Gasteiger partial charge in [-0.3, -0.25) is 9.59 Å². The summed E-state index contributed by atoms with van der Waals surface area (Å²) in [6, 6.07) is 19.2. The van der Waals surface area contributed by atoms with Crippen LogP contribution in [0.25, 0.3) is 0 Å². The molecule has 0 spiro atoms. The Morgan fingerprint density at radius 3 is 2.00 bits per heavy atom. The van der Waals surface area contributed by atoms with Crippen LogP contribution in [0, 0.1) is 0 Å². The van der Waals surface area contributed by atoms with Crippen molar-refractivity contribution in [3.63, 3.8) is 0 Å². The molecule has 0 heterocycles. The highest BCUT2D eigenvalue weighted by atomic mass is 16.2. The molecule has 0 saturated heterocycles. The van der Waals surface area contributed by atoms with Crippen molar-refractivity contribution in [2.24, 2.45) is 0 Å². The number of hydrogen-bond donors (Lipinski definition) is 1. The highest BCUT2D eigenvalue weighted by Gasteiger charge is 2.30. The van der Waals surface area contributed by atoms with Crippen molar-refractivity contribution in [2.45, 2.75) is 58.7 Å². The maximum atomic E-state index is 13.0. The number of rotatable bonds is 9. The average molecular weight is 367 g/mol. The lowest BCUT2D eigenvalue weighted by atomic mass is 10.0. The second-order valence-corrected chi connectivity index (χ2v) is 7.13. The summed E-state index contributed by atoms with van der Waals surface area (Å²) < 4.78 is 0. The van der Waals surface area contributed by atoms with Crippen molar-refractivity contribution in [1.82, 2.24) is 10.2 Å². The molecule has 27 heavy (non-hydrogen) atoms. The Kier molecular flexibility index (Phi) is 8.05. The number of benzene rings is 2. The molecule has 0 bridgehead atoms. The largest absolute Gasteiger partial charge is 0.352 e. The summed E-state index contributed by atoms with van der Waals surface area (Å²) in [7, 11) is 0. The maximum Gasteiger partial charge on any atom is 0.243 e. The molecule has 0 fully saturated rings. The van der Waals surface area contributed by atoms with E-state index in [0.717, 1.165) is 17.5 Å². The molecule has 0 aliphatic rings. The number of nitrogens with zero attached hydrogens (tertiary/aromatic N) is 1. The van der Waals surface area contributed by atoms with E-state index in [9.17, 15) is 9.59 Å². The summed E-state index contributed by atoms with van der Waals surface area (Å²) in [6.07, 6.45) is 1.70. The predicted molar refractivity (Wildman–Crippen MR) is 109 cm³/mol. The third-order valence-electron chi connectivity index (χ3n) is 4.36. The van der Waals surface area contributed by atoms with E-state index in [1.54, 1.807) is 4.90 Å². The van der Waals surface area contributed by atoms with Gasteiger partial charge in [0.25, 0.3) is 0 Å². The van der Waals surface area contributed by atoms with Gasteiger partial charge in [0, 0.05) is 25.4 Å². The molecule has 2 amide bonds. The van der Waals surface area contributed by atoms with Crippen molar-refractivity contribution in [3.05, 3.63) is 71.8 Å². The molecule has 0 aliphatic heterocycles. The maximum absolute atomic E-state index is 13.0. The summed E-state index contributed by atoms with van der Waals surface area (Å²) in [6.45, 7) is 6.29. The van der Waals surface area contributed by atoms with Crippen molar-refractivity contribution < 1.29 is 9.59 Å². The molecule has 2 aromatic carbocycles. The van der Waals surface area contributed by atoms with Crippen molar-refractivity contribution in [3.8, 4) is 0 Å². The molecule has 1 N–H and O–H groups in total. The SMILES string of the molecule is CCCC(=O)N(Cc1ccccc1)[C@H](Cc1ccccc1)C(=O)NC(C)C. The van der Waals surface area contributed by atoms with E-state index in [1.807, 2.05) is 81.4 Å². The third-order valence-corrected chi connectivity index (χ3v) is 4.36. The molecule has 4 nitrogen and oxygen atoms in total. The predicted octanol–water partition coefficient (Wildman–Crippen LogP) is 3.95. The number of carbonyl (C=O) groups is 2. The zero-order valence-corrected chi connectivity index (χ0v) is 16.5. The normalized spacial score (nSPS) is 11.9. The lowest BCUT2D eigenvalue weighted by Gasteiger charge is -2.32. The van der Waals surface area contributed by atoms with Crippen LogP contribution in [0.5, 0.6) is 0 Å². The van der Waals surface area contributed by atoms with Crippen LogP contribution in [-0.2, 0) is 22.6 Å². The molecule has 144 valence electrons. The van der Waals surface area contributed by atoms with E-state index >= 15 is 0 Å². The van der Waals surface area contributed by atoms with Crippen LogP contribution in [0.15, 0.2) is 60.7 Å². The van der Waals surface area contributed by atoms with Crippen LogP contribution in [0.1, 0.15) is 44.7 Å². The molecule has 0 saturated carbocycles. The number of carbonyl (C=O) groups excluding carboxylic acids is 2. The van der Waals surface area contributed by atoms with Gasteiger partial charge in [0.15, 0.2) is 0 Å². The Hall–Kier alpha value is -2.62. The zero-order valence-electron chi connectivity index (χ0n) is 16.5. The molecular formula is C23H30N2O2. The van der Waals surface area contributed by atoms with Gasteiger partial charge in [-0.25, -0.2) is 0 Å². The molecule has 0 aromatic heterocycles. The second kappa shape index (κ2) is 10.5. The van der Waals surface area contributed by atoms with E-state index in [0.29, 0.717) is 19.4 Å². The van der Waals surface area contributed by atoms with Gasteiger partial charge in [0.2, 0.25) is 11.8 Å². The van der Waals surface area contributed by atoms with E-state index in [4.69, 9.17) is 0 Å². The lowest BCUT2D eigenvalue weighted by molar-refractivity contribution is -0.141. The Labute approximate surface area is 162 Å². The fourth-order valence-corrected chi connectivity index (χ4v) is 3.07. The van der Waals surface area contributed by atoms with E-state index in [-0.39, 0.29) is 17.9 Å². The van der Waals surface area contributed by atoms with Crippen molar-refractivity contribution in [1.29, 1.82) is 0 Å². The van der Waals surface area contributed by atoms with Gasteiger partial charge in [-0.15, -0.1) is 0 Å². The fourth-order valence-electron chi connectivity index (χ4n) is 3.07. The molecule has 0 unspecified atom stereocenters. The van der Waals surface area contributed by atoms with Crippen LogP contribution < -0.4 is 5.32 Å². The summed E-state index contributed by atoms with van der Waals surface area (Å²) >= 11 is 0. The molecule has 2 aromatic rings. The van der Waals surface area contributed by atoms with Gasteiger partial charge in [-0.1, -0.05) is 67.6 Å². The highest BCUT2D eigenvalue weighted by Crippen LogP contribution is 2.16. The van der Waals surface area contributed by atoms with Gasteiger partial charge < -0.3 is 10.2 Å². The third kappa shape index (κ3) is 6.55. The second-order valence-electron chi connectivity index (χ2n) is 7.13. The fraction of sp³-hybridized carbons (Fsp3) is 0.391.